The summed E-state index contributed by atoms with van der Waals surface area (Å²) < 4.78 is 10.4. The first-order valence-corrected chi connectivity index (χ1v) is 5.62. The lowest BCUT2D eigenvalue weighted by Gasteiger charge is -2.05. The smallest absolute Gasteiger partial charge is 0.318 e. The number of hydrogen-bond acceptors (Lipinski definition) is 3. The van der Waals surface area contributed by atoms with E-state index in [9.17, 15) is 0 Å². The Morgan fingerprint density at radius 1 is 0.842 bits per heavy atom. The van der Waals surface area contributed by atoms with Crippen LogP contribution in [-0.4, -0.2) is 12.0 Å². The molecule has 0 bridgehead atoms. The average Bonchev–Trinajstić information content (AvgIpc) is 2.40. The quantitative estimate of drug-likeness (QED) is 0.638. The third kappa shape index (κ3) is 4.16. The maximum absolute atomic E-state index is 7.55. The third-order valence-electron chi connectivity index (χ3n) is 2.14. The minimum atomic E-state index is -0.334. The third-order valence-corrected chi connectivity index (χ3v) is 2.14. The van der Waals surface area contributed by atoms with Gasteiger partial charge in [0.15, 0.2) is 0 Å². The van der Waals surface area contributed by atoms with Crippen LogP contribution < -0.4 is 15.2 Å². The molecule has 2 rings (SSSR count). The van der Waals surface area contributed by atoms with E-state index in [2.05, 4.69) is 4.99 Å². The van der Waals surface area contributed by atoms with E-state index in [1.807, 2.05) is 24.3 Å². The Hall–Kier alpha value is -2.82. The fraction of sp³-hybridized carbons (Fsp3) is 0. The van der Waals surface area contributed by atoms with Gasteiger partial charge < -0.3 is 15.2 Å². The van der Waals surface area contributed by atoms with Gasteiger partial charge in [0.2, 0.25) is 0 Å². The van der Waals surface area contributed by atoms with Crippen molar-refractivity contribution in [2.24, 2.45) is 10.7 Å². The van der Waals surface area contributed by atoms with Crippen LogP contribution in [0.4, 0.5) is 0 Å². The summed E-state index contributed by atoms with van der Waals surface area (Å²) in [6, 6.07) is 17.4. The molecule has 96 valence electrons. The van der Waals surface area contributed by atoms with Gasteiger partial charge in [0.1, 0.15) is 11.5 Å². The van der Waals surface area contributed by atoms with E-state index in [0.29, 0.717) is 11.5 Å². The van der Waals surface area contributed by atoms with E-state index in [1.54, 1.807) is 36.4 Å². The van der Waals surface area contributed by atoms with Crippen molar-refractivity contribution >= 4 is 12.0 Å². The van der Waals surface area contributed by atoms with Crippen molar-refractivity contribution in [1.29, 1.82) is 5.41 Å². The van der Waals surface area contributed by atoms with Crippen LogP contribution in [0.5, 0.6) is 11.5 Å². The van der Waals surface area contributed by atoms with Gasteiger partial charge in [-0.25, -0.2) is 5.41 Å². The molecule has 0 amide bonds. The Labute approximate surface area is 110 Å². The fourth-order valence-corrected chi connectivity index (χ4v) is 1.36. The maximum Gasteiger partial charge on any atom is 0.318 e. The van der Waals surface area contributed by atoms with Gasteiger partial charge in [0, 0.05) is 0 Å². The lowest BCUT2D eigenvalue weighted by atomic mass is 10.3. The number of nitrogens with two attached hydrogens (primary N) is 1. The zero-order valence-electron chi connectivity index (χ0n) is 10.1. The van der Waals surface area contributed by atoms with Crippen LogP contribution in [0.1, 0.15) is 0 Å². The van der Waals surface area contributed by atoms with Crippen molar-refractivity contribution in [1.82, 2.24) is 0 Å². The van der Waals surface area contributed by atoms with Gasteiger partial charge >= 0.3 is 6.02 Å². The number of rotatable bonds is 2. The van der Waals surface area contributed by atoms with Gasteiger partial charge in [0.05, 0.1) is 0 Å². The van der Waals surface area contributed by atoms with Crippen molar-refractivity contribution in [2.45, 2.75) is 0 Å². The molecule has 0 aromatic heterocycles. The Morgan fingerprint density at radius 2 is 1.32 bits per heavy atom. The number of ether oxygens (including phenoxy) is 2. The number of benzene rings is 2. The SMILES string of the molecule is N=C(/N=C(\N)Oc1ccccc1)Oc1ccccc1. The lowest BCUT2D eigenvalue weighted by Crippen LogP contribution is -2.22. The lowest BCUT2D eigenvalue weighted by molar-refractivity contribution is 0.519. The van der Waals surface area contributed by atoms with Gasteiger partial charge in [0.25, 0.3) is 6.02 Å². The van der Waals surface area contributed by atoms with Crippen LogP contribution in [0, 0.1) is 5.41 Å². The molecule has 0 aliphatic rings. The second-order valence-corrected chi connectivity index (χ2v) is 3.59. The predicted octanol–water partition coefficient (Wildman–Crippen LogP) is 2.39. The van der Waals surface area contributed by atoms with Gasteiger partial charge in [-0.05, 0) is 24.3 Å². The first-order chi connectivity index (χ1) is 9.24. The van der Waals surface area contributed by atoms with Crippen LogP contribution >= 0.6 is 0 Å². The molecule has 0 saturated heterocycles. The standard InChI is InChI=1S/C14H13N3O2/c15-13(18-11-7-3-1-4-8-11)17-14(16)19-12-9-5-2-6-10-12/h1-10H,(H3,15,16,17). The van der Waals surface area contributed by atoms with Crippen molar-refractivity contribution < 1.29 is 9.47 Å². The molecule has 0 unspecified atom stereocenters. The second-order valence-electron chi connectivity index (χ2n) is 3.59. The van der Waals surface area contributed by atoms with E-state index >= 15 is 0 Å². The normalized spacial score (nSPS) is 10.8. The van der Waals surface area contributed by atoms with Crippen molar-refractivity contribution in [2.75, 3.05) is 0 Å². The molecule has 0 atom stereocenters. The molecule has 2 aromatic carbocycles. The molecule has 5 heteroatoms. The number of hydrogen-bond donors (Lipinski definition) is 2. The van der Waals surface area contributed by atoms with Crippen LogP contribution in [-0.2, 0) is 0 Å². The summed E-state index contributed by atoms with van der Waals surface area (Å²) in [5, 5.41) is 7.55. The monoisotopic (exact) mass is 255 g/mol. The van der Waals surface area contributed by atoms with Crippen molar-refractivity contribution in [3.8, 4) is 11.5 Å². The van der Waals surface area contributed by atoms with E-state index < -0.39 is 0 Å². The van der Waals surface area contributed by atoms with E-state index in [1.165, 1.54) is 0 Å². The highest BCUT2D eigenvalue weighted by atomic mass is 16.5. The molecule has 0 heterocycles. The summed E-state index contributed by atoms with van der Waals surface area (Å²) in [7, 11) is 0. The summed E-state index contributed by atoms with van der Waals surface area (Å²) in [4.78, 5) is 3.70. The Bertz CT molecular complexity index is 568. The minimum Gasteiger partial charge on any atom is -0.426 e. The Balaban J connectivity index is 1.95. The predicted molar refractivity (Wildman–Crippen MR) is 73.5 cm³/mol. The molecule has 5 nitrogen and oxygen atoms in total. The summed E-state index contributed by atoms with van der Waals surface area (Å²) in [5.74, 6) is 1.07. The Kier molecular flexibility index (Phi) is 4.12. The highest BCUT2D eigenvalue weighted by Crippen LogP contribution is 2.10. The van der Waals surface area contributed by atoms with Gasteiger partial charge in [-0.15, -0.1) is 4.99 Å². The highest BCUT2D eigenvalue weighted by Gasteiger charge is 2.01. The fourth-order valence-electron chi connectivity index (χ4n) is 1.36. The highest BCUT2D eigenvalue weighted by molar-refractivity contribution is 5.88. The molecule has 0 aliphatic heterocycles. The van der Waals surface area contributed by atoms with Crippen molar-refractivity contribution in [3.63, 3.8) is 0 Å². The maximum atomic E-state index is 7.55. The minimum absolute atomic E-state index is 0.146. The van der Waals surface area contributed by atoms with Crippen molar-refractivity contribution in [3.05, 3.63) is 60.7 Å². The molecule has 0 aliphatic carbocycles. The number of aliphatic imine (C=N–C) groups is 1. The van der Waals surface area contributed by atoms with Crippen LogP contribution in [0.25, 0.3) is 0 Å². The molecular formula is C14H13N3O2. The van der Waals surface area contributed by atoms with Crippen LogP contribution in [0.3, 0.4) is 0 Å². The number of amidine groups is 2. The molecule has 0 radical (unpaired) electrons. The van der Waals surface area contributed by atoms with Gasteiger partial charge in [-0.1, -0.05) is 36.4 Å². The summed E-state index contributed by atoms with van der Waals surface area (Å²) >= 11 is 0. The number of para-hydroxylation sites is 2. The molecular weight excluding hydrogens is 242 g/mol. The molecule has 0 spiro atoms. The number of nitrogens with one attached hydrogen (secondary N) is 1. The van der Waals surface area contributed by atoms with Gasteiger partial charge in [-0.2, -0.15) is 0 Å². The molecule has 0 saturated carbocycles. The van der Waals surface area contributed by atoms with Gasteiger partial charge in [-0.3, -0.25) is 0 Å². The van der Waals surface area contributed by atoms with E-state index in [0.717, 1.165) is 0 Å². The van der Waals surface area contributed by atoms with Crippen LogP contribution in [0.2, 0.25) is 0 Å². The first-order valence-electron chi connectivity index (χ1n) is 5.62. The number of nitrogens with zero attached hydrogens (tertiary/aromatic N) is 1. The van der Waals surface area contributed by atoms with E-state index in [4.69, 9.17) is 20.6 Å². The topological polar surface area (TPSA) is 80.7 Å². The average molecular weight is 255 g/mol. The summed E-state index contributed by atoms with van der Waals surface area (Å²) in [5.41, 5.74) is 5.57. The zero-order valence-corrected chi connectivity index (χ0v) is 10.1. The molecule has 3 N–H and O–H groups in total. The Morgan fingerprint density at radius 3 is 1.84 bits per heavy atom. The summed E-state index contributed by atoms with van der Waals surface area (Å²) in [6.45, 7) is 0. The second kappa shape index (κ2) is 6.20. The zero-order chi connectivity index (χ0) is 13.5. The molecule has 0 fully saturated rings. The van der Waals surface area contributed by atoms with E-state index in [-0.39, 0.29) is 12.0 Å². The summed E-state index contributed by atoms with van der Waals surface area (Å²) in [6.07, 6.45) is 0. The molecule has 19 heavy (non-hydrogen) atoms. The first kappa shape index (κ1) is 12.6. The van der Waals surface area contributed by atoms with Crippen LogP contribution in [0.15, 0.2) is 65.7 Å². The largest absolute Gasteiger partial charge is 0.426 e. The molecule has 2 aromatic rings.